The van der Waals surface area contributed by atoms with Gasteiger partial charge in [-0.2, -0.15) is 0 Å². The van der Waals surface area contributed by atoms with Gasteiger partial charge in [-0.15, -0.1) is 5.10 Å². The van der Waals surface area contributed by atoms with Crippen LogP contribution in [0.1, 0.15) is 16.1 Å². The number of benzene rings is 1. The molecule has 0 aliphatic heterocycles. The van der Waals surface area contributed by atoms with E-state index in [1.807, 2.05) is 30.3 Å². The number of ketones is 1. The Balaban J connectivity index is 2.17. The molecular formula is C12H13N3O2. The molecule has 0 unspecified atom stereocenters. The van der Waals surface area contributed by atoms with Crippen molar-refractivity contribution in [2.24, 2.45) is 0 Å². The number of hydrogen-bond acceptors (Lipinski definition) is 4. The molecule has 5 nitrogen and oxygen atoms in total. The summed E-state index contributed by atoms with van der Waals surface area (Å²) in [5.74, 6) is -0.117. The molecular weight excluding hydrogens is 218 g/mol. The Labute approximate surface area is 99.0 Å². The van der Waals surface area contributed by atoms with E-state index in [9.17, 15) is 4.79 Å². The van der Waals surface area contributed by atoms with Gasteiger partial charge in [0.1, 0.15) is 12.3 Å². The number of carbonyl (C=O) groups excluding carboxylic acids is 1. The normalized spacial score (nSPS) is 10.4. The van der Waals surface area contributed by atoms with Gasteiger partial charge in [-0.1, -0.05) is 35.5 Å². The second-order valence-electron chi connectivity index (χ2n) is 3.62. The number of ether oxygens (including phenoxy) is 1. The number of aromatic nitrogens is 3. The summed E-state index contributed by atoms with van der Waals surface area (Å²) in [6, 6.07) is 9.80. The maximum Gasteiger partial charge on any atom is 0.208 e. The molecule has 0 bridgehead atoms. The average molecular weight is 231 g/mol. The lowest BCUT2D eigenvalue weighted by molar-refractivity contribution is 0.0837. The van der Waals surface area contributed by atoms with Gasteiger partial charge in [0.2, 0.25) is 5.78 Å². The van der Waals surface area contributed by atoms with Crippen LogP contribution in [0.2, 0.25) is 0 Å². The Kier molecular flexibility index (Phi) is 3.62. The first-order valence-electron chi connectivity index (χ1n) is 5.26. The summed E-state index contributed by atoms with van der Waals surface area (Å²) in [5.41, 5.74) is 1.54. The number of nitrogens with zero attached hydrogens (tertiary/aromatic N) is 3. The molecule has 5 heteroatoms. The minimum Gasteiger partial charge on any atom is -0.376 e. The summed E-state index contributed by atoms with van der Waals surface area (Å²) in [6.45, 7) is 0.577. The topological polar surface area (TPSA) is 57.0 Å². The highest BCUT2D eigenvalue weighted by Gasteiger charge is 2.12. The molecule has 0 aliphatic rings. The van der Waals surface area contributed by atoms with Gasteiger partial charge < -0.3 is 4.74 Å². The van der Waals surface area contributed by atoms with Gasteiger partial charge in [0.15, 0.2) is 0 Å². The van der Waals surface area contributed by atoms with Crippen molar-refractivity contribution in [3.63, 3.8) is 0 Å². The maximum absolute atomic E-state index is 11.7. The van der Waals surface area contributed by atoms with Crippen molar-refractivity contribution in [2.75, 3.05) is 13.7 Å². The zero-order valence-corrected chi connectivity index (χ0v) is 9.54. The fraction of sp³-hybridized carbons (Fsp3) is 0.250. The second kappa shape index (κ2) is 5.36. The van der Waals surface area contributed by atoms with Crippen LogP contribution in [-0.2, 0) is 11.3 Å². The highest BCUT2D eigenvalue weighted by atomic mass is 16.5. The molecule has 0 N–H and O–H groups in total. The third-order valence-corrected chi connectivity index (χ3v) is 2.35. The third kappa shape index (κ3) is 2.76. The molecule has 2 rings (SSSR count). The molecule has 0 saturated heterocycles. The number of carbonyl (C=O) groups is 1. The Morgan fingerprint density at radius 2 is 2.12 bits per heavy atom. The standard InChI is InChI=1S/C12H13N3O2/c1-17-9-12(16)11-7-13-14-15(11)8-10-5-3-2-4-6-10/h2-7H,8-9H2,1H3. The van der Waals surface area contributed by atoms with Crippen LogP contribution in [0.25, 0.3) is 0 Å². The van der Waals surface area contributed by atoms with E-state index >= 15 is 0 Å². The third-order valence-electron chi connectivity index (χ3n) is 2.35. The molecule has 0 fully saturated rings. The number of methoxy groups -OCH3 is 1. The fourth-order valence-corrected chi connectivity index (χ4v) is 1.55. The number of hydrogen-bond donors (Lipinski definition) is 0. The van der Waals surface area contributed by atoms with E-state index in [1.165, 1.54) is 13.3 Å². The maximum atomic E-state index is 11.7. The Morgan fingerprint density at radius 3 is 2.82 bits per heavy atom. The van der Waals surface area contributed by atoms with Crippen molar-refractivity contribution in [3.05, 3.63) is 47.8 Å². The lowest BCUT2D eigenvalue weighted by Gasteiger charge is -2.04. The van der Waals surface area contributed by atoms with Gasteiger partial charge in [-0.25, -0.2) is 4.68 Å². The summed E-state index contributed by atoms with van der Waals surface area (Å²) >= 11 is 0. The first kappa shape index (κ1) is 11.5. The van der Waals surface area contributed by atoms with E-state index in [-0.39, 0.29) is 12.4 Å². The molecule has 2 aromatic rings. The molecule has 0 saturated carbocycles. The first-order chi connectivity index (χ1) is 8.31. The largest absolute Gasteiger partial charge is 0.376 e. The van der Waals surface area contributed by atoms with Gasteiger partial charge in [0, 0.05) is 7.11 Å². The minimum atomic E-state index is -0.117. The number of Topliss-reactive ketones (excluding diaryl/α,β-unsaturated/α-hetero) is 1. The molecule has 88 valence electrons. The molecule has 1 heterocycles. The molecule has 1 aromatic carbocycles. The fourth-order valence-electron chi connectivity index (χ4n) is 1.55. The Morgan fingerprint density at radius 1 is 1.35 bits per heavy atom. The van der Waals surface area contributed by atoms with Crippen molar-refractivity contribution < 1.29 is 9.53 Å². The van der Waals surface area contributed by atoms with Crippen molar-refractivity contribution in [3.8, 4) is 0 Å². The highest BCUT2D eigenvalue weighted by molar-refractivity contribution is 5.95. The lowest BCUT2D eigenvalue weighted by Crippen LogP contribution is -2.15. The van der Waals surface area contributed by atoms with Crippen LogP contribution in [0.3, 0.4) is 0 Å². The summed E-state index contributed by atoms with van der Waals surface area (Å²) in [6.07, 6.45) is 1.46. The minimum absolute atomic E-state index is 0.0438. The van der Waals surface area contributed by atoms with Crippen LogP contribution in [0, 0.1) is 0 Å². The highest BCUT2D eigenvalue weighted by Crippen LogP contribution is 2.05. The van der Waals surface area contributed by atoms with E-state index in [0.29, 0.717) is 12.2 Å². The monoisotopic (exact) mass is 231 g/mol. The van der Waals surface area contributed by atoms with Crippen LogP contribution in [0.5, 0.6) is 0 Å². The second-order valence-corrected chi connectivity index (χ2v) is 3.62. The molecule has 0 spiro atoms. The first-order valence-corrected chi connectivity index (χ1v) is 5.26. The van der Waals surface area contributed by atoms with E-state index in [4.69, 9.17) is 4.74 Å². The van der Waals surface area contributed by atoms with Crippen molar-refractivity contribution in [2.45, 2.75) is 6.54 Å². The number of rotatable bonds is 5. The predicted molar refractivity (Wildman–Crippen MR) is 61.8 cm³/mol. The molecule has 0 aliphatic carbocycles. The van der Waals surface area contributed by atoms with Crippen LogP contribution >= 0.6 is 0 Å². The molecule has 0 amide bonds. The van der Waals surface area contributed by atoms with E-state index in [2.05, 4.69) is 10.3 Å². The van der Waals surface area contributed by atoms with E-state index in [0.717, 1.165) is 5.56 Å². The molecule has 17 heavy (non-hydrogen) atoms. The quantitative estimate of drug-likeness (QED) is 0.724. The Hall–Kier alpha value is -2.01. The summed E-state index contributed by atoms with van der Waals surface area (Å²) in [5, 5.41) is 7.66. The SMILES string of the molecule is COCC(=O)c1cnnn1Cc1ccccc1. The van der Waals surface area contributed by atoms with Gasteiger partial charge >= 0.3 is 0 Å². The molecule has 1 aromatic heterocycles. The van der Waals surface area contributed by atoms with Gasteiger partial charge in [0.05, 0.1) is 12.7 Å². The average Bonchev–Trinajstić information content (AvgIpc) is 2.79. The predicted octanol–water partition coefficient (Wildman–Crippen LogP) is 1.16. The smallest absolute Gasteiger partial charge is 0.208 e. The molecule has 0 radical (unpaired) electrons. The Bertz CT molecular complexity index is 493. The van der Waals surface area contributed by atoms with Crippen molar-refractivity contribution in [1.29, 1.82) is 0 Å². The summed E-state index contributed by atoms with van der Waals surface area (Å²) < 4.78 is 6.39. The summed E-state index contributed by atoms with van der Waals surface area (Å²) in [4.78, 5) is 11.7. The van der Waals surface area contributed by atoms with Crippen LogP contribution < -0.4 is 0 Å². The zero-order valence-electron chi connectivity index (χ0n) is 9.54. The van der Waals surface area contributed by atoms with E-state index < -0.39 is 0 Å². The van der Waals surface area contributed by atoms with Gasteiger partial charge in [-0.3, -0.25) is 4.79 Å². The van der Waals surface area contributed by atoms with Crippen LogP contribution in [0.15, 0.2) is 36.5 Å². The van der Waals surface area contributed by atoms with E-state index in [1.54, 1.807) is 4.68 Å². The molecule has 0 atom stereocenters. The van der Waals surface area contributed by atoms with Crippen molar-refractivity contribution >= 4 is 5.78 Å². The van der Waals surface area contributed by atoms with Gasteiger partial charge in [-0.05, 0) is 5.56 Å². The zero-order chi connectivity index (χ0) is 12.1. The lowest BCUT2D eigenvalue weighted by atomic mass is 10.2. The van der Waals surface area contributed by atoms with Crippen LogP contribution in [-0.4, -0.2) is 34.5 Å². The van der Waals surface area contributed by atoms with Gasteiger partial charge in [0.25, 0.3) is 0 Å². The van der Waals surface area contributed by atoms with Crippen molar-refractivity contribution in [1.82, 2.24) is 15.0 Å². The summed E-state index contributed by atoms with van der Waals surface area (Å²) in [7, 11) is 1.49. The van der Waals surface area contributed by atoms with Crippen LogP contribution in [0.4, 0.5) is 0 Å².